The van der Waals surface area contributed by atoms with Gasteiger partial charge < -0.3 is 19.8 Å². The molecule has 0 fully saturated rings. The second kappa shape index (κ2) is 9.30. The number of nitrogens with one attached hydrogen (secondary N) is 2. The third kappa shape index (κ3) is 5.62. The van der Waals surface area contributed by atoms with E-state index in [0.29, 0.717) is 16.4 Å². The summed E-state index contributed by atoms with van der Waals surface area (Å²) in [5.74, 6) is 0.224. The van der Waals surface area contributed by atoms with Gasteiger partial charge in [0.15, 0.2) is 5.76 Å². The molecule has 0 bridgehead atoms. The van der Waals surface area contributed by atoms with Crippen molar-refractivity contribution >= 4 is 34.8 Å². The molecular weight excluding hydrogens is 392 g/mol. The zero-order valence-corrected chi connectivity index (χ0v) is 16.9. The lowest BCUT2D eigenvalue weighted by Gasteiger charge is -2.13. The average Bonchev–Trinajstić information content (AvgIpc) is 3.21. The van der Waals surface area contributed by atoms with Gasteiger partial charge in [-0.1, -0.05) is 29.3 Å². The second-order valence-electron chi connectivity index (χ2n) is 6.54. The first-order chi connectivity index (χ1) is 13.9. The van der Waals surface area contributed by atoms with Crippen LogP contribution in [0.25, 0.3) is 0 Å². The van der Waals surface area contributed by atoms with Gasteiger partial charge in [0.25, 0.3) is 5.91 Å². The molecule has 7 heteroatoms. The molecule has 3 aromatic rings. The van der Waals surface area contributed by atoms with E-state index >= 15 is 0 Å². The van der Waals surface area contributed by atoms with Gasteiger partial charge in [-0.25, -0.2) is 0 Å². The number of ether oxygens (including phenoxy) is 1. The Bertz CT molecular complexity index is 1020. The molecule has 0 unspecified atom stereocenters. The number of hydrogen-bond donors (Lipinski definition) is 2. The number of halogens is 1. The highest BCUT2D eigenvalue weighted by atomic mass is 35.5. The molecule has 0 spiro atoms. The molecule has 6 nitrogen and oxygen atoms in total. The van der Waals surface area contributed by atoms with Gasteiger partial charge in [-0.2, -0.15) is 0 Å². The maximum absolute atomic E-state index is 12.3. The van der Waals surface area contributed by atoms with Crippen molar-refractivity contribution in [2.45, 2.75) is 20.3 Å². The molecule has 1 heterocycles. The standard InChI is InChI=1S/C22H21ClN2O4/c1-14-5-8-19(15(2)12-14)29-11-9-21(26)24-17-7-6-16(23)13-18(17)25-22(27)20-4-3-10-28-20/h3-8,10,12-13H,9,11H2,1-2H3,(H,24,26)(H,25,27). The van der Waals surface area contributed by atoms with Crippen LogP contribution in [0.15, 0.2) is 59.2 Å². The first-order valence-electron chi connectivity index (χ1n) is 9.06. The Kier molecular flexibility index (Phi) is 6.57. The Balaban J connectivity index is 1.60. The molecule has 0 aliphatic rings. The zero-order chi connectivity index (χ0) is 20.8. The summed E-state index contributed by atoms with van der Waals surface area (Å²) < 4.78 is 10.8. The average molecular weight is 413 g/mol. The van der Waals surface area contributed by atoms with Crippen LogP contribution in [0.5, 0.6) is 5.75 Å². The molecule has 2 aromatic carbocycles. The van der Waals surface area contributed by atoms with E-state index in [2.05, 4.69) is 10.6 Å². The maximum atomic E-state index is 12.3. The van der Waals surface area contributed by atoms with E-state index in [0.717, 1.165) is 16.9 Å². The number of amides is 2. The first-order valence-corrected chi connectivity index (χ1v) is 9.44. The Hall–Kier alpha value is -3.25. The van der Waals surface area contributed by atoms with Crippen LogP contribution in [-0.2, 0) is 4.79 Å². The van der Waals surface area contributed by atoms with Crippen molar-refractivity contribution in [2.75, 3.05) is 17.2 Å². The summed E-state index contributed by atoms with van der Waals surface area (Å²) in [5.41, 5.74) is 2.99. The van der Waals surface area contributed by atoms with Gasteiger partial charge in [0, 0.05) is 5.02 Å². The Morgan fingerprint density at radius 3 is 2.59 bits per heavy atom. The minimum atomic E-state index is -0.439. The highest BCUT2D eigenvalue weighted by molar-refractivity contribution is 6.31. The van der Waals surface area contributed by atoms with Gasteiger partial charge >= 0.3 is 0 Å². The molecule has 0 aliphatic carbocycles. The van der Waals surface area contributed by atoms with Gasteiger partial charge in [-0.15, -0.1) is 0 Å². The molecule has 1 aromatic heterocycles. The van der Waals surface area contributed by atoms with E-state index in [1.807, 2.05) is 32.0 Å². The van der Waals surface area contributed by atoms with Crippen LogP contribution in [0.3, 0.4) is 0 Å². The van der Waals surface area contributed by atoms with E-state index in [-0.39, 0.29) is 24.7 Å². The third-order valence-corrected chi connectivity index (χ3v) is 4.40. The van der Waals surface area contributed by atoms with Gasteiger partial charge in [0.05, 0.1) is 30.7 Å². The Morgan fingerprint density at radius 2 is 1.86 bits per heavy atom. The summed E-state index contributed by atoms with van der Waals surface area (Å²) in [6.45, 7) is 4.21. The van der Waals surface area contributed by atoms with E-state index in [1.54, 1.807) is 30.3 Å². The number of anilines is 2. The molecule has 0 radical (unpaired) electrons. The van der Waals surface area contributed by atoms with E-state index < -0.39 is 5.91 Å². The van der Waals surface area contributed by atoms with Crippen molar-refractivity contribution < 1.29 is 18.7 Å². The molecule has 0 saturated carbocycles. The number of carbonyl (C=O) groups is 2. The van der Waals surface area contributed by atoms with Crippen LogP contribution in [0, 0.1) is 13.8 Å². The van der Waals surface area contributed by atoms with Gasteiger partial charge in [-0.3, -0.25) is 9.59 Å². The molecule has 2 amide bonds. The minimum absolute atomic E-state index is 0.154. The predicted molar refractivity (Wildman–Crippen MR) is 113 cm³/mol. The summed E-state index contributed by atoms with van der Waals surface area (Å²) in [7, 11) is 0. The number of aryl methyl sites for hydroxylation is 2. The maximum Gasteiger partial charge on any atom is 0.291 e. The summed E-state index contributed by atoms with van der Waals surface area (Å²) in [6.07, 6.45) is 1.56. The van der Waals surface area contributed by atoms with E-state index in [1.165, 1.54) is 6.26 Å². The molecule has 2 N–H and O–H groups in total. The largest absolute Gasteiger partial charge is 0.493 e. The van der Waals surface area contributed by atoms with Crippen molar-refractivity contribution in [2.24, 2.45) is 0 Å². The van der Waals surface area contributed by atoms with Gasteiger partial charge in [0.2, 0.25) is 5.91 Å². The SMILES string of the molecule is Cc1ccc(OCCC(=O)Nc2ccc(Cl)cc2NC(=O)c2ccco2)c(C)c1. The quantitative estimate of drug-likeness (QED) is 0.558. The smallest absolute Gasteiger partial charge is 0.291 e. The van der Waals surface area contributed by atoms with Crippen molar-refractivity contribution in [3.63, 3.8) is 0 Å². The number of rotatable bonds is 7. The third-order valence-electron chi connectivity index (χ3n) is 4.17. The summed E-state index contributed by atoms with van der Waals surface area (Å²) in [4.78, 5) is 24.6. The van der Waals surface area contributed by atoms with Crippen LogP contribution < -0.4 is 15.4 Å². The Morgan fingerprint density at radius 1 is 1.03 bits per heavy atom. The van der Waals surface area contributed by atoms with Crippen molar-refractivity contribution in [1.82, 2.24) is 0 Å². The highest BCUT2D eigenvalue weighted by Crippen LogP contribution is 2.27. The summed E-state index contributed by atoms with van der Waals surface area (Å²) in [6, 6.07) is 13.9. The van der Waals surface area contributed by atoms with Gasteiger partial charge in [-0.05, 0) is 55.8 Å². The lowest BCUT2D eigenvalue weighted by Crippen LogP contribution is -2.18. The zero-order valence-electron chi connectivity index (χ0n) is 16.1. The monoisotopic (exact) mass is 412 g/mol. The summed E-state index contributed by atoms with van der Waals surface area (Å²) >= 11 is 6.03. The molecule has 29 heavy (non-hydrogen) atoms. The number of hydrogen-bond acceptors (Lipinski definition) is 4. The summed E-state index contributed by atoms with van der Waals surface area (Å²) in [5, 5.41) is 5.89. The van der Waals surface area contributed by atoms with Crippen LogP contribution >= 0.6 is 11.6 Å². The first kappa shape index (κ1) is 20.5. The predicted octanol–water partition coefficient (Wildman–Crippen LogP) is 5.21. The van der Waals surface area contributed by atoms with Crippen LogP contribution in [0.1, 0.15) is 28.1 Å². The molecule has 0 atom stereocenters. The fourth-order valence-corrected chi connectivity index (χ4v) is 2.92. The second-order valence-corrected chi connectivity index (χ2v) is 6.97. The fraction of sp³-hybridized carbons (Fsp3) is 0.182. The fourth-order valence-electron chi connectivity index (χ4n) is 2.75. The molecule has 0 saturated heterocycles. The molecular formula is C22H21ClN2O4. The topological polar surface area (TPSA) is 80.6 Å². The van der Waals surface area contributed by atoms with Crippen molar-refractivity contribution in [3.8, 4) is 5.75 Å². The van der Waals surface area contributed by atoms with Crippen LogP contribution in [-0.4, -0.2) is 18.4 Å². The molecule has 3 rings (SSSR count). The van der Waals surface area contributed by atoms with Crippen LogP contribution in [0.2, 0.25) is 5.02 Å². The highest BCUT2D eigenvalue weighted by Gasteiger charge is 2.14. The number of benzene rings is 2. The number of furan rings is 1. The van der Waals surface area contributed by atoms with Crippen molar-refractivity contribution in [1.29, 1.82) is 0 Å². The lowest BCUT2D eigenvalue weighted by molar-refractivity contribution is -0.116. The van der Waals surface area contributed by atoms with Crippen LogP contribution in [0.4, 0.5) is 11.4 Å². The number of carbonyl (C=O) groups excluding carboxylic acids is 2. The minimum Gasteiger partial charge on any atom is -0.493 e. The Labute approximate surface area is 173 Å². The normalized spacial score (nSPS) is 10.4. The molecule has 150 valence electrons. The van der Waals surface area contributed by atoms with Gasteiger partial charge in [0.1, 0.15) is 5.75 Å². The van der Waals surface area contributed by atoms with E-state index in [4.69, 9.17) is 20.8 Å². The van der Waals surface area contributed by atoms with E-state index in [9.17, 15) is 9.59 Å². The van der Waals surface area contributed by atoms with Crippen molar-refractivity contribution in [3.05, 3.63) is 76.7 Å². The lowest BCUT2D eigenvalue weighted by atomic mass is 10.1. The molecule has 0 aliphatic heterocycles.